The van der Waals surface area contributed by atoms with E-state index in [1.165, 1.54) is 24.9 Å². The van der Waals surface area contributed by atoms with E-state index >= 15 is 0 Å². The maximum atomic E-state index is 12.7. The highest BCUT2D eigenvalue weighted by Gasteiger charge is 2.18. The van der Waals surface area contributed by atoms with Crippen molar-refractivity contribution in [1.82, 2.24) is 9.97 Å². The number of carbonyl (C=O) groups is 1. The Hall–Kier alpha value is -2.37. The van der Waals surface area contributed by atoms with E-state index in [1.807, 2.05) is 12.1 Å². The molecule has 1 fully saturated rings. The minimum absolute atomic E-state index is 0.0984. The van der Waals surface area contributed by atoms with Gasteiger partial charge in [0, 0.05) is 41.9 Å². The zero-order valence-corrected chi connectivity index (χ0v) is 16.1. The smallest absolute Gasteiger partial charge is 0.275 e. The second-order valence-corrected chi connectivity index (χ2v) is 7.31. The highest BCUT2D eigenvalue weighted by Crippen LogP contribution is 2.33. The number of aromatic nitrogens is 2. The molecule has 4 rings (SSSR count). The summed E-state index contributed by atoms with van der Waals surface area (Å²) in [6.07, 6.45) is 7.22. The van der Waals surface area contributed by atoms with E-state index in [0.29, 0.717) is 5.69 Å². The van der Waals surface area contributed by atoms with Gasteiger partial charge in [0.05, 0.1) is 10.7 Å². The number of pyridine rings is 2. The average Bonchev–Trinajstić information content (AvgIpc) is 2.70. The minimum Gasteiger partial charge on any atom is -0.371 e. The lowest BCUT2D eigenvalue weighted by molar-refractivity contribution is 0.102. The number of anilines is 2. The third kappa shape index (κ3) is 3.70. The van der Waals surface area contributed by atoms with Crippen LogP contribution >= 0.6 is 23.2 Å². The molecular weight excluding hydrogens is 383 g/mol. The fraction of sp³-hybridized carbons (Fsp3) is 0.250. The van der Waals surface area contributed by atoms with Gasteiger partial charge in [0.1, 0.15) is 10.8 Å². The Labute approximate surface area is 167 Å². The van der Waals surface area contributed by atoms with Gasteiger partial charge in [0.15, 0.2) is 0 Å². The second-order valence-electron chi connectivity index (χ2n) is 6.52. The fourth-order valence-corrected chi connectivity index (χ4v) is 3.79. The molecule has 27 heavy (non-hydrogen) atoms. The molecule has 7 heteroatoms. The fourth-order valence-electron chi connectivity index (χ4n) is 3.45. The van der Waals surface area contributed by atoms with E-state index in [4.69, 9.17) is 23.2 Å². The van der Waals surface area contributed by atoms with Gasteiger partial charge >= 0.3 is 0 Å². The predicted octanol–water partition coefficient (Wildman–Crippen LogP) is 5.18. The third-order valence-electron chi connectivity index (χ3n) is 4.77. The summed E-state index contributed by atoms with van der Waals surface area (Å²) in [6, 6.07) is 9.05. The predicted molar refractivity (Wildman–Crippen MR) is 110 cm³/mol. The molecule has 138 valence electrons. The monoisotopic (exact) mass is 400 g/mol. The highest BCUT2D eigenvalue weighted by molar-refractivity contribution is 6.35. The first-order chi connectivity index (χ1) is 13.1. The number of nitrogens with one attached hydrogen (secondary N) is 1. The number of carbonyl (C=O) groups excluding carboxylic acids is 1. The van der Waals surface area contributed by atoms with Crippen LogP contribution in [0.5, 0.6) is 0 Å². The van der Waals surface area contributed by atoms with Crippen LogP contribution in [0.25, 0.3) is 10.8 Å². The normalized spacial score (nSPS) is 14.4. The first-order valence-corrected chi connectivity index (χ1v) is 9.64. The SMILES string of the molecule is O=C(Nc1ccc(N2CCCCC2)c2ccncc12)c1nc(Cl)ccc1Cl. The molecule has 3 aromatic rings. The number of nitrogens with zero attached hydrogens (tertiary/aromatic N) is 3. The van der Waals surface area contributed by atoms with Gasteiger partial charge in [0.2, 0.25) is 0 Å². The zero-order valence-electron chi connectivity index (χ0n) is 14.6. The van der Waals surface area contributed by atoms with Crippen molar-refractivity contribution in [2.75, 3.05) is 23.3 Å². The number of halogens is 2. The average molecular weight is 401 g/mol. The molecule has 1 N–H and O–H groups in total. The topological polar surface area (TPSA) is 58.1 Å². The molecule has 0 unspecified atom stereocenters. The van der Waals surface area contributed by atoms with Crippen LogP contribution in [0.3, 0.4) is 0 Å². The summed E-state index contributed by atoms with van der Waals surface area (Å²) in [6.45, 7) is 2.09. The molecule has 3 heterocycles. The van der Waals surface area contributed by atoms with Crippen LogP contribution in [0.15, 0.2) is 42.7 Å². The number of amides is 1. The Morgan fingerprint density at radius 3 is 2.63 bits per heavy atom. The van der Waals surface area contributed by atoms with Crippen LogP contribution in [0.1, 0.15) is 29.8 Å². The van der Waals surface area contributed by atoms with Crippen LogP contribution in [0.4, 0.5) is 11.4 Å². The maximum Gasteiger partial charge on any atom is 0.275 e. The van der Waals surface area contributed by atoms with Crippen molar-refractivity contribution in [2.45, 2.75) is 19.3 Å². The molecule has 0 spiro atoms. The summed E-state index contributed by atoms with van der Waals surface area (Å²) in [5, 5.41) is 5.32. The summed E-state index contributed by atoms with van der Waals surface area (Å²) in [5.74, 6) is -0.404. The molecule has 0 aliphatic carbocycles. The number of rotatable bonds is 3. The number of piperidine rings is 1. The maximum absolute atomic E-state index is 12.7. The van der Waals surface area contributed by atoms with Crippen molar-refractivity contribution >= 4 is 51.3 Å². The Morgan fingerprint density at radius 1 is 1.00 bits per heavy atom. The summed E-state index contributed by atoms with van der Waals surface area (Å²) in [7, 11) is 0. The lowest BCUT2D eigenvalue weighted by atomic mass is 10.0. The lowest BCUT2D eigenvalue weighted by Gasteiger charge is -2.30. The Kier molecular flexibility index (Phi) is 5.14. The van der Waals surface area contributed by atoms with E-state index < -0.39 is 5.91 Å². The van der Waals surface area contributed by atoms with Gasteiger partial charge in [-0.15, -0.1) is 0 Å². The molecule has 1 saturated heterocycles. The molecule has 0 radical (unpaired) electrons. The van der Waals surface area contributed by atoms with Gasteiger partial charge in [-0.1, -0.05) is 23.2 Å². The van der Waals surface area contributed by atoms with Crippen molar-refractivity contribution in [3.05, 3.63) is 58.6 Å². The van der Waals surface area contributed by atoms with Crippen LogP contribution in [0, 0.1) is 0 Å². The van der Waals surface area contributed by atoms with E-state index in [-0.39, 0.29) is 15.9 Å². The molecule has 1 aliphatic rings. The molecule has 5 nitrogen and oxygen atoms in total. The quantitative estimate of drug-likeness (QED) is 0.615. The Balaban J connectivity index is 1.70. The number of hydrogen-bond donors (Lipinski definition) is 1. The zero-order chi connectivity index (χ0) is 18.8. The van der Waals surface area contributed by atoms with Crippen molar-refractivity contribution in [2.24, 2.45) is 0 Å². The van der Waals surface area contributed by atoms with Crippen molar-refractivity contribution in [3.63, 3.8) is 0 Å². The number of hydrogen-bond acceptors (Lipinski definition) is 4. The molecule has 0 atom stereocenters. The first kappa shape index (κ1) is 18.0. The standard InChI is InChI=1S/C20H18Cl2N4O/c21-15-4-7-18(22)25-19(15)20(27)24-16-5-6-17(26-10-2-1-3-11-26)13-8-9-23-12-14(13)16/h4-9,12H,1-3,10-11H2,(H,24,27). The van der Waals surface area contributed by atoms with Gasteiger partial charge in [-0.25, -0.2) is 4.98 Å². The van der Waals surface area contributed by atoms with E-state index in [1.54, 1.807) is 24.5 Å². The van der Waals surface area contributed by atoms with Gasteiger partial charge in [-0.2, -0.15) is 0 Å². The van der Waals surface area contributed by atoms with Gasteiger partial charge in [-0.05, 0) is 49.6 Å². The first-order valence-electron chi connectivity index (χ1n) is 8.88. The molecule has 1 aliphatic heterocycles. The van der Waals surface area contributed by atoms with E-state index in [2.05, 4.69) is 26.3 Å². The third-order valence-corrected chi connectivity index (χ3v) is 5.28. The van der Waals surface area contributed by atoms with Crippen LogP contribution in [-0.2, 0) is 0 Å². The molecule has 0 bridgehead atoms. The molecule has 1 aromatic carbocycles. The Bertz CT molecular complexity index is 1000. The second kappa shape index (κ2) is 7.71. The minimum atomic E-state index is -0.404. The highest BCUT2D eigenvalue weighted by atomic mass is 35.5. The molecule has 2 aromatic heterocycles. The van der Waals surface area contributed by atoms with Gasteiger partial charge in [-0.3, -0.25) is 9.78 Å². The van der Waals surface area contributed by atoms with Gasteiger partial charge < -0.3 is 10.2 Å². The summed E-state index contributed by atoms with van der Waals surface area (Å²) in [4.78, 5) is 23.3. The van der Waals surface area contributed by atoms with Crippen LogP contribution in [-0.4, -0.2) is 29.0 Å². The molecule has 0 saturated carbocycles. The van der Waals surface area contributed by atoms with Crippen molar-refractivity contribution in [1.29, 1.82) is 0 Å². The number of fused-ring (bicyclic) bond motifs is 1. The van der Waals surface area contributed by atoms with E-state index in [9.17, 15) is 4.79 Å². The summed E-state index contributed by atoms with van der Waals surface area (Å²) < 4.78 is 0. The Morgan fingerprint density at radius 2 is 1.81 bits per heavy atom. The lowest BCUT2D eigenvalue weighted by Crippen LogP contribution is -2.29. The van der Waals surface area contributed by atoms with Gasteiger partial charge in [0.25, 0.3) is 5.91 Å². The van der Waals surface area contributed by atoms with E-state index in [0.717, 1.165) is 23.9 Å². The summed E-state index contributed by atoms with van der Waals surface area (Å²) in [5.41, 5.74) is 1.94. The molecular formula is C20H18Cl2N4O. The van der Waals surface area contributed by atoms with Crippen LogP contribution in [0.2, 0.25) is 10.2 Å². The van der Waals surface area contributed by atoms with Crippen molar-refractivity contribution in [3.8, 4) is 0 Å². The molecule has 1 amide bonds. The van der Waals surface area contributed by atoms with Crippen LogP contribution < -0.4 is 10.2 Å². The largest absolute Gasteiger partial charge is 0.371 e. The number of benzene rings is 1. The summed E-state index contributed by atoms with van der Waals surface area (Å²) >= 11 is 12.0. The van der Waals surface area contributed by atoms with Crippen molar-refractivity contribution < 1.29 is 4.79 Å².